The van der Waals surface area contributed by atoms with Crippen LogP contribution in [0, 0.1) is 11.3 Å². The maximum Gasteiger partial charge on any atom is 0.255 e. The van der Waals surface area contributed by atoms with E-state index >= 15 is 0 Å². The molecule has 0 bridgehead atoms. The number of anilines is 1. The Labute approximate surface area is 136 Å². The fourth-order valence-corrected chi connectivity index (χ4v) is 2.55. The predicted molar refractivity (Wildman–Crippen MR) is 88.5 cm³/mol. The van der Waals surface area contributed by atoms with Gasteiger partial charge in [-0.25, -0.2) is 0 Å². The molecule has 0 aliphatic heterocycles. The summed E-state index contributed by atoms with van der Waals surface area (Å²) in [5, 5.41) is 3.35. The van der Waals surface area contributed by atoms with E-state index in [1.807, 2.05) is 0 Å². The number of amides is 1. The summed E-state index contributed by atoms with van der Waals surface area (Å²) in [6, 6.07) is 3.13. The molecule has 6 heteroatoms. The van der Waals surface area contributed by atoms with E-state index in [4.69, 9.17) is 22.1 Å². The highest BCUT2D eigenvalue weighted by atomic mass is 35.5. The van der Waals surface area contributed by atoms with E-state index in [2.05, 4.69) is 19.2 Å². The van der Waals surface area contributed by atoms with Gasteiger partial charge in [0, 0.05) is 12.6 Å². The lowest BCUT2D eigenvalue weighted by Gasteiger charge is -2.20. The van der Waals surface area contributed by atoms with Crippen LogP contribution in [-0.4, -0.2) is 19.6 Å². The number of carbonyl (C=O) groups is 1. The normalized spacial score (nSPS) is 15.3. The van der Waals surface area contributed by atoms with Crippen molar-refractivity contribution < 1.29 is 9.53 Å². The summed E-state index contributed by atoms with van der Waals surface area (Å²) >= 11 is 5.98. The minimum atomic E-state index is -0.171. The summed E-state index contributed by atoms with van der Waals surface area (Å²) in [4.78, 5) is 12.3. The number of nitrogens with one attached hydrogen (secondary N) is 1. The molecule has 2 rings (SSSR count). The Morgan fingerprint density at radius 3 is 2.57 bits per heavy atom. The molecule has 1 fully saturated rings. The quantitative estimate of drug-likeness (QED) is 0.811. The fourth-order valence-electron chi connectivity index (χ4n) is 2.39. The van der Waals surface area contributed by atoms with Gasteiger partial charge in [0.1, 0.15) is 5.75 Å². The standard InChI is InChI=1S/C15H21ClN2O2.ClH/c1-9(2)15(4-5-15)8-18-14(19)10-6-11(16)12(17)7-13(10)20-3;/h6-7,9H,4-5,8,17H2,1-3H3,(H,18,19);1H. The van der Waals surface area contributed by atoms with Gasteiger partial charge in [-0.2, -0.15) is 0 Å². The van der Waals surface area contributed by atoms with E-state index in [1.54, 1.807) is 12.1 Å². The third-order valence-corrected chi connectivity index (χ3v) is 4.61. The first-order chi connectivity index (χ1) is 9.39. The number of nitrogen functional groups attached to an aromatic ring is 1. The minimum Gasteiger partial charge on any atom is -0.496 e. The lowest BCUT2D eigenvalue weighted by atomic mass is 9.92. The van der Waals surface area contributed by atoms with E-state index < -0.39 is 0 Å². The molecule has 0 aromatic heterocycles. The third kappa shape index (κ3) is 3.74. The Bertz CT molecular complexity index is 529. The molecule has 1 aliphatic rings. The van der Waals surface area contributed by atoms with E-state index in [9.17, 15) is 4.79 Å². The topological polar surface area (TPSA) is 64.3 Å². The summed E-state index contributed by atoms with van der Waals surface area (Å²) < 4.78 is 5.20. The van der Waals surface area contributed by atoms with Crippen molar-refractivity contribution in [1.29, 1.82) is 0 Å². The van der Waals surface area contributed by atoms with Crippen molar-refractivity contribution in [2.45, 2.75) is 26.7 Å². The molecule has 3 N–H and O–H groups in total. The number of benzene rings is 1. The largest absolute Gasteiger partial charge is 0.496 e. The smallest absolute Gasteiger partial charge is 0.255 e. The second-order valence-corrected chi connectivity index (χ2v) is 6.18. The molecule has 0 saturated heterocycles. The molecule has 0 radical (unpaired) electrons. The van der Waals surface area contributed by atoms with E-state index in [-0.39, 0.29) is 23.7 Å². The van der Waals surface area contributed by atoms with Crippen LogP contribution in [0.2, 0.25) is 5.02 Å². The number of ether oxygens (including phenoxy) is 1. The van der Waals surface area contributed by atoms with Crippen molar-refractivity contribution in [3.63, 3.8) is 0 Å². The Hall–Kier alpha value is -1.13. The highest BCUT2D eigenvalue weighted by molar-refractivity contribution is 6.33. The van der Waals surface area contributed by atoms with Crippen LogP contribution in [0.25, 0.3) is 0 Å². The molecule has 4 nitrogen and oxygen atoms in total. The molecule has 1 saturated carbocycles. The van der Waals surface area contributed by atoms with Gasteiger partial charge in [0.15, 0.2) is 0 Å². The van der Waals surface area contributed by atoms with Crippen LogP contribution in [0.1, 0.15) is 37.0 Å². The number of methoxy groups -OCH3 is 1. The Kier molecular flexibility index (Phi) is 5.76. The average molecular weight is 333 g/mol. The highest BCUT2D eigenvalue weighted by Gasteiger charge is 2.45. The number of hydrogen-bond donors (Lipinski definition) is 2. The van der Waals surface area contributed by atoms with Crippen LogP contribution in [0.15, 0.2) is 12.1 Å². The van der Waals surface area contributed by atoms with Gasteiger partial charge >= 0.3 is 0 Å². The number of hydrogen-bond acceptors (Lipinski definition) is 3. The zero-order valence-electron chi connectivity index (χ0n) is 12.5. The number of carbonyl (C=O) groups excluding carboxylic acids is 1. The SMILES string of the molecule is COc1cc(N)c(Cl)cc1C(=O)NCC1(C(C)C)CC1.Cl. The zero-order valence-corrected chi connectivity index (χ0v) is 14.1. The van der Waals surface area contributed by atoms with Crippen LogP contribution in [-0.2, 0) is 0 Å². The zero-order chi connectivity index (χ0) is 14.9. The van der Waals surface area contributed by atoms with Gasteiger partial charge in [-0.15, -0.1) is 12.4 Å². The summed E-state index contributed by atoms with van der Waals surface area (Å²) in [6.07, 6.45) is 2.34. The summed E-state index contributed by atoms with van der Waals surface area (Å²) in [7, 11) is 1.51. The van der Waals surface area contributed by atoms with Gasteiger partial charge in [-0.3, -0.25) is 4.79 Å². The van der Waals surface area contributed by atoms with Crippen molar-refractivity contribution in [3.8, 4) is 5.75 Å². The molecular weight excluding hydrogens is 311 g/mol. The predicted octanol–water partition coefficient (Wildman–Crippen LogP) is 3.52. The molecule has 21 heavy (non-hydrogen) atoms. The van der Waals surface area contributed by atoms with Crippen molar-refractivity contribution in [1.82, 2.24) is 5.32 Å². The van der Waals surface area contributed by atoms with Crippen LogP contribution in [0.3, 0.4) is 0 Å². The third-order valence-electron chi connectivity index (χ3n) is 4.28. The van der Waals surface area contributed by atoms with Gasteiger partial charge in [-0.05, 0) is 30.2 Å². The van der Waals surface area contributed by atoms with Gasteiger partial charge < -0.3 is 15.8 Å². The van der Waals surface area contributed by atoms with Crippen LogP contribution in [0.4, 0.5) is 5.69 Å². The molecule has 0 unspecified atom stereocenters. The number of halogens is 2. The van der Waals surface area contributed by atoms with Crippen LogP contribution in [0.5, 0.6) is 5.75 Å². The monoisotopic (exact) mass is 332 g/mol. The van der Waals surface area contributed by atoms with Crippen LogP contribution < -0.4 is 15.8 Å². The summed E-state index contributed by atoms with van der Waals surface area (Å²) in [5.41, 5.74) is 6.80. The fraction of sp³-hybridized carbons (Fsp3) is 0.533. The Balaban J connectivity index is 0.00000220. The van der Waals surface area contributed by atoms with Gasteiger partial charge in [0.2, 0.25) is 0 Å². The second kappa shape index (κ2) is 6.75. The highest BCUT2D eigenvalue weighted by Crippen LogP contribution is 2.51. The average Bonchev–Trinajstić information content (AvgIpc) is 3.20. The second-order valence-electron chi connectivity index (χ2n) is 5.77. The van der Waals surface area contributed by atoms with E-state index in [0.717, 1.165) is 0 Å². The Morgan fingerprint density at radius 1 is 1.48 bits per heavy atom. The number of rotatable bonds is 5. The summed E-state index contributed by atoms with van der Waals surface area (Å²) in [5.74, 6) is 0.842. The number of nitrogens with two attached hydrogens (primary N) is 1. The lowest BCUT2D eigenvalue weighted by molar-refractivity contribution is 0.0937. The van der Waals surface area contributed by atoms with Crippen molar-refractivity contribution in [2.24, 2.45) is 11.3 Å². The molecule has 0 heterocycles. The van der Waals surface area contributed by atoms with Crippen molar-refractivity contribution in [3.05, 3.63) is 22.7 Å². The summed E-state index contributed by atoms with van der Waals surface area (Å²) in [6.45, 7) is 5.08. The minimum absolute atomic E-state index is 0. The maximum atomic E-state index is 12.3. The van der Waals surface area contributed by atoms with E-state index in [1.165, 1.54) is 20.0 Å². The van der Waals surface area contributed by atoms with Crippen molar-refractivity contribution >= 4 is 35.6 Å². The molecule has 1 aromatic rings. The molecule has 1 aliphatic carbocycles. The molecule has 0 spiro atoms. The first-order valence-corrected chi connectivity index (χ1v) is 7.18. The van der Waals surface area contributed by atoms with Gasteiger partial charge in [-0.1, -0.05) is 25.4 Å². The first kappa shape index (κ1) is 17.9. The molecule has 1 amide bonds. The first-order valence-electron chi connectivity index (χ1n) is 6.81. The van der Waals surface area contributed by atoms with Crippen LogP contribution >= 0.6 is 24.0 Å². The molecule has 1 aromatic carbocycles. The van der Waals surface area contributed by atoms with Gasteiger partial charge in [0.25, 0.3) is 5.91 Å². The Morgan fingerprint density at radius 2 is 2.10 bits per heavy atom. The molecule has 0 atom stereocenters. The van der Waals surface area contributed by atoms with Crippen molar-refractivity contribution in [2.75, 3.05) is 19.4 Å². The van der Waals surface area contributed by atoms with Gasteiger partial charge in [0.05, 0.1) is 23.4 Å². The molecule has 118 valence electrons. The molecular formula is C15H22Cl2N2O2. The van der Waals surface area contributed by atoms with E-state index in [0.29, 0.717) is 34.5 Å². The lowest BCUT2D eigenvalue weighted by Crippen LogP contribution is -2.32. The maximum absolute atomic E-state index is 12.3.